The van der Waals surface area contributed by atoms with Crippen LogP contribution in [0.4, 0.5) is 0 Å². The minimum Gasteiger partial charge on any atom is -0.343 e. The van der Waals surface area contributed by atoms with Crippen molar-refractivity contribution in [2.75, 3.05) is 13.1 Å². The number of amides is 1. The Morgan fingerprint density at radius 3 is 2.06 bits per heavy atom. The summed E-state index contributed by atoms with van der Waals surface area (Å²) in [5.74, 6) is 0.290. The summed E-state index contributed by atoms with van der Waals surface area (Å²) < 4.78 is 0. The summed E-state index contributed by atoms with van der Waals surface area (Å²) in [7, 11) is 0. The van der Waals surface area contributed by atoms with Crippen molar-refractivity contribution in [3.05, 3.63) is 0 Å². The maximum absolute atomic E-state index is 12.2. The lowest BCUT2D eigenvalue weighted by molar-refractivity contribution is -0.135. The van der Waals surface area contributed by atoms with E-state index in [1.54, 1.807) is 0 Å². The fourth-order valence-corrected chi connectivity index (χ4v) is 3.41. The first-order valence-corrected chi connectivity index (χ1v) is 7.59. The van der Waals surface area contributed by atoms with E-state index in [9.17, 15) is 4.79 Å². The molecule has 1 amide bonds. The molecule has 1 aliphatic carbocycles. The Kier molecular flexibility index (Phi) is 4.00. The van der Waals surface area contributed by atoms with Gasteiger partial charge in [-0.2, -0.15) is 0 Å². The van der Waals surface area contributed by atoms with Crippen molar-refractivity contribution in [2.24, 2.45) is 11.1 Å². The largest absolute Gasteiger partial charge is 0.343 e. The molecule has 0 aromatic carbocycles. The summed E-state index contributed by atoms with van der Waals surface area (Å²) in [6.45, 7) is 6.45. The number of nitrogens with zero attached hydrogens (tertiary/aromatic N) is 1. The maximum Gasteiger partial charge on any atom is 0.224 e. The summed E-state index contributed by atoms with van der Waals surface area (Å²) in [4.78, 5) is 14.3. The standard InChI is InChI=1S/C15H28N2O/c1-3-14(4-2)8-10-17(11-9-14)13(18)12-15(16)6-5-7-15/h3-12,16H2,1-2H3. The van der Waals surface area contributed by atoms with Crippen LogP contribution in [0, 0.1) is 5.41 Å². The van der Waals surface area contributed by atoms with Gasteiger partial charge in [0.25, 0.3) is 0 Å². The molecule has 1 saturated heterocycles. The molecule has 18 heavy (non-hydrogen) atoms. The van der Waals surface area contributed by atoms with Gasteiger partial charge in [0, 0.05) is 25.0 Å². The smallest absolute Gasteiger partial charge is 0.224 e. The van der Waals surface area contributed by atoms with Crippen LogP contribution in [0.5, 0.6) is 0 Å². The zero-order valence-corrected chi connectivity index (χ0v) is 12.0. The first-order chi connectivity index (χ1) is 8.52. The number of nitrogens with two attached hydrogens (primary N) is 1. The van der Waals surface area contributed by atoms with Gasteiger partial charge < -0.3 is 10.6 Å². The summed E-state index contributed by atoms with van der Waals surface area (Å²) >= 11 is 0. The number of likely N-dealkylation sites (tertiary alicyclic amines) is 1. The van der Waals surface area contributed by atoms with E-state index in [1.807, 2.05) is 0 Å². The molecule has 2 rings (SSSR count). The number of hydrogen-bond donors (Lipinski definition) is 1. The molecule has 3 nitrogen and oxygen atoms in total. The van der Waals surface area contributed by atoms with Crippen LogP contribution < -0.4 is 5.73 Å². The van der Waals surface area contributed by atoms with E-state index in [2.05, 4.69) is 18.7 Å². The second kappa shape index (κ2) is 5.20. The third kappa shape index (κ3) is 2.71. The van der Waals surface area contributed by atoms with Crippen LogP contribution in [-0.4, -0.2) is 29.4 Å². The van der Waals surface area contributed by atoms with Crippen LogP contribution in [0.1, 0.15) is 65.2 Å². The SMILES string of the molecule is CCC1(CC)CCN(C(=O)CC2(N)CCC2)CC1. The van der Waals surface area contributed by atoms with E-state index in [0.717, 1.165) is 25.9 Å². The van der Waals surface area contributed by atoms with Gasteiger partial charge in [-0.05, 0) is 37.5 Å². The minimum atomic E-state index is -0.166. The second-order valence-corrected chi connectivity index (χ2v) is 6.48. The highest BCUT2D eigenvalue weighted by atomic mass is 16.2. The van der Waals surface area contributed by atoms with Gasteiger partial charge in [-0.3, -0.25) is 4.79 Å². The van der Waals surface area contributed by atoms with E-state index < -0.39 is 0 Å². The Bertz CT molecular complexity index is 296. The highest BCUT2D eigenvalue weighted by Crippen LogP contribution is 2.39. The van der Waals surface area contributed by atoms with Crippen LogP contribution >= 0.6 is 0 Å². The van der Waals surface area contributed by atoms with Crippen molar-refractivity contribution >= 4 is 5.91 Å². The second-order valence-electron chi connectivity index (χ2n) is 6.48. The lowest BCUT2D eigenvalue weighted by atomic mass is 9.73. The van der Waals surface area contributed by atoms with Gasteiger partial charge in [-0.1, -0.05) is 26.7 Å². The zero-order valence-electron chi connectivity index (χ0n) is 12.0. The van der Waals surface area contributed by atoms with Crippen LogP contribution in [0.2, 0.25) is 0 Å². The number of carbonyl (C=O) groups is 1. The number of piperidine rings is 1. The van der Waals surface area contributed by atoms with Crippen molar-refractivity contribution < 1.29 is 4.79 Å². The predicted octanol–water partition coefficient (Wildman–Crippen LogP) is 2.69. The molecule has 3 heteroatoms. The van der Waals surface area contributed by atoms with Gasteiger partial charge in [0.15, 0.2) is 0 Å². The molecule has 0 bridgehead atoms. The summed E-state index contributed by atoms with van der Waals surface area (Å²) in [6, 6.07) is 0. The van der Waals surface area contributed by atoms with Gasteiger partial charge in [0.2, 0.25) is 5.91 Å². The molecule has 1 heterocycles. The van der Waals surface area contributed by atoms with Crippen LogP contribution in [0.15, 0.2) is 0 Å². The van der Waals surface area contributed by atoms with E-state index in [4.69, 9.17) is 5.73 Å². The van der Waals surface area contributed by atoms with Crippen molar-refractivity contribution in [3.8, 4) is 0 Å². The first kappa shape index (κ1) is 13.9. The van der Waals surface area contributed by atoms with E-state index in [0.29, 0.717) is 11.8 Å². The normalized spacial score (nSPS) is 25.6. The van der Waals surface area contributed by atoms with Gasteiger partial charge in [-0.15, -0.1) is 0 Å². The third-order valence-electron chi connectivity index (χ3n) is 5.53. The molecule has 0 radical (unpaired) electrons. The lowest BCUT2D eigenvalue weighted by Crippen LogP contribution is -2.52. The third-order valence-corrected chi connectivity index (χ3v) is 5.53. The zero-order chi connectivity index (χ0) is 13.2. The Balaban J connectivity index is 1.83. The molecule has 0 spiro atoms. The molecule has 0 aromatic rings. The Morgan fingerprint density at radius 2 is 1.67 bits per heavy atom. The van der Waals surface area contributed by atoms with Gasteiger partial charge in [0.05, 0.1) is 0 Å². The van der Waals surface area contributed by atoms with Crippen molar-refractivity contribution in [1.82, 2.24) is 4.90 Å². The topological polar surface area (TPSA) is 46.3 Å². The molecule has 1 saturated carbocycles. The minimum absolute atomic E-state index is 0.166. The van der Waals surface area contributed by atoms with E-state index >= 15 is 0 Å². The molecule has 2 fully saturated rings. The number of rotatable bonds is 4. The Labute approximate surface area is 111 Å². The summed E-state index contributed by atoms with van der Waals surface area (Å²) in [6.07, 6.45) is 8.64. The average Bonchev–Trinajstić information content (AvgIpc) is 2.37. The van der Waals surface area contributed by atoms with Gasteiger partial charge in [-0.25, -0.2) is 0 Å². The Morgan fingerprint density at radius 1 is 1.11 bits per heavy atom. The fraction of sp³-hybridized carbons (Fsp3) is 0.933. The molecule has 104 valence electrons. The van der Waals surface area contributed by atoms with Crippen molar-refractivity contribution in [1.29, 1.82) is 0 Å². The highest BCUT2D eigenvalue weighted by Gasteiger charge is 2.38. The molecule has 2 aliphatic rings. The molecular weight excluding hydrogens is 224 g/mol. The molecule has 1 aliphatic heterocycles. The molecule has 0 atom stereocenters. The highest BCUT2D eigenvalue weighted by molar-refractivity contribution is 5.77. The first-order valence-electron chi connectivity index (χ1n) is 7.59. The fourth-order valence-electron chi connectivity index (χ4n) is 3.41. The van der Waals surface area contributed by atoms with Gasteiger partial charge in [0.1, 0.15) is 0 Å². The van der Waals surface area contributed by atoms with Crippen molar-refractivity contribution in [2.45, 2.75) is 70.8 Å². The van der Waals surface area contributed by atoms with Crippen molar-refractivity contribution in [3.63, 3.8) is 0 Å². The van der Waals surface area contributed by atoms with Crippen LogP contribution in [0.3, 0.4) is 0 Å². The maximum atomic E-state index is 12.2. The summed E-state index contributed by atoms with van der Waals surface area (Å²) in [5, 5.41) is 0. The Hall–Kier alpha value is -0.570. The molecule has 2 N–H and O–H groups in total. The predicted molar refractivity (Wildman–Crippen MR) is 74.2 cm³/mol. The average molecular weight is 252 g/mol. The number of hydrogen-bond acceptors (Lipinski definition) is 2. The lowest BCUT2D eigenvalue weighted by Gasteiger charge is -2.43. The summed E-state index contributed by atoms with van der Waals surface area (Å²) in [5.41, 5.74) is 6.50. The molecular formula is C15H28N2O. The molecule has 0 unspecified atom stereocenters. The monoisotopic (exact) mass is 252 g/mol. The van der Waals surface area contributed by atoms with Gasteiger partial charge >= 0.3 is 0 Å². The van der Waals surface area contributed by atoms with E-state index in [-0.39, 0.29) is 11.4 Å². The number of carbonyl (C=O) groups excluding carboxylic acids is 1. The van der Waals surface area contributed by atoms with E-state index in [1.165, 1.54) is 32.1 Å². The van der Waals surface area contributed by atoms with Crippen LogP contribution in [-0.2, 0) is 4.79 Å². The molecule has 0 aromatic heterocycles. The van der Waals surface area contributed by atoms with Crippen LogP contribution in [0.25, 0.3) is 0 Å². The quantitative estimate of drug-likeness (QED) is 0.836.